The van der Waals surface area contributed by atoms with Crippen LogP contribution in [-0.2, 0) is 25.7 Å². The van der Waals surface area contributed by atoms with Crippen molar-refractivity contribution < 1.29 is 19.1 Å². The standard InChI is InChI=1S/C22H24O4/c23-21(26-18-20-12-6-2-7-13-20)14-8-3-9-17-25-22(24)16-15-19-10-4-1-5-11-19/h2,6-7,10,12-13,15-16H,1,3-5,9,11,17-18H2/b16-15+. The number of hydrogen-bond acceptors (Lipinski definition) is 4. The van der Waals surface area contributed by atoms with Gasteiger partial charge in [0.2, 0.25) is 0 Å². The molecule has 1 aliphatic rings. The number of unbranched alkanes of at least 4 members (excludes halogenated alkanes) is 1. The number of allylic oxidation sites excluding steroid dienone is 3. The summed E-state index contributed by atoms with van der Waals surface area (Å²) in [6.07, 6.45) is 11.1. The molecule has 4 nitrogen and oxygen atoms in total. The molecule has 1 aliphatic carbocycles. The Morgan fingerprint density at radius 1 is 1.12 bits per heavy atom. The van der Waals surface area contributed by atoms with Gasteiger partial charge in [-0.1, -0.05) is 54.0 Å². The van der Waals surface area contributed by atoms with E-state index >= 15 is 0 Å². The smallest absolute Gasteiger partial charge is 0.384 e. The largest absolute Gasteiger partial charge is 0.462 e. The van der Waals surface area contributed by atoms with E-state index < -0.39 is 5.97 Å². The van der Waals surface area contributed by atoms with Crippen molar-refractivity contribution in [2.24, 2.45) is 0 Å². The predicted octanol–water partition coefficient (Wildman–Crippen LogP) is 4.11. The van der Waals surface area contributed by atoms with E-state index in [0.717, 1.165) is 18.4 Å². The lowest BCUT2D eigenvalue weighted by Gasteiger charge is -2.07. The van der Waals surface area contributed by atoms with Crippen LogP contribution in [0.25, 0.3) is 0 Å². The summed E-state index contributed by atoms with van der Waals surface area (Å²) in [5, 5.41) is 0. The van der Waals surface area contributed by atoms with Crippen LogP contribution >= 0.6 is 0 Å². The number of carbonyl (C=O) groups is 2. The fourth-order valence-electron chi connectivity index (χ4n) is 2.46. The fraction of sp³-hybridized carbons (Fsp3) is 0.364. The second-order valence-corrected chi connectivity index (χ2v) is 5.99. The molecular formula is C22H24O4. The van der Waals surface area contributed by atoms with Crippen LogP contribution in [0.2, 0.25) is 0 Å². The SMILES string of the molecule is O=C(C#CCCCOC(=O)/C=C/C1=CCCCC1)OCc1ccccc1. The van der Waals surface area contributed by atoms with E-state index in [1.807, 2.05) is 36.4 Å². The van der Waals surface area contributed by atoms with Crippen LogP contribution in [0.3, 0.4) is 0 Å². The third-order valence-electron chi connectivity index (χ3n) is 3.85. The first-order chi connectivity index (χ1) is 12.7. The van der Waals surface area contributed by atoms with Crippen LogP contribution in [0.5, 0.6) is 0 Å². The lowest BCUT2D eigenvalue weighted by atomic mass is 9.99. The first kappa shape index (κ1) is 19.5. The third-order valence-corrected chi connectivity index (χ3v) is 3.85. The second-order valence-electron chi connectivity index (χ2n) is 5.99. The molecule has 0 unspecified atom stereocenters. The monoisotopic (exact) mass is 352 g/mol. The van der Waals surface area contributed by atoms with Gasteiger partial charge in [-0.2, -0.15) is 0 Å². The first-order valence-corrected chi connectivity index (χ1v) is 8.97. The van der Waals surface area contributed by atoms with Crippen LogP contribution in [-0.4, -0.2) is 18.5 Å². The topological polar surface area (TPSA) is 52.6 Å². The highest BCUT2D eigenvalue weighted by Gasteiger charge is 2.02. The number of carbonyl (C=O) groups excluding carboxylic acids is 2. The van der Waals surface area contributed by atoms with Crippen molar-refractivity contribution in [3.05, 3.63) is 59.7 Å². The molecule has 0 heterocycles. The second kappa shape index (κ2) is 11.7. The molecule has 26 heavy (non-hydrogen) atoms. The van der Waals surface area contributed by atoms with E-state index in [1.54, 1.807) is 0 Å². The maximum atomic E-state index is 11.6. The summed E-state index contributed by atoms with van der Waals surface area (Å²) in [6.45, 7) is 0.505. The van der Waals surface area contributed by atoms with Gasteiger partial charge >= 0.3 is 11.9 Å². The van der Waals surface area contributed by atoms with E-state index in [1.165, 1.54) is 24.5 Å². The van der Waals surface area contributed by atoms with Crippen LogP contribution < -0.4 is 0 Å². The van der Waals surface area contributed by atoms with Gasteiger partial charge in [-0.15, -0.1) is 0 Å². The number of ether oxygens (including phenoxy) is 2. The average Bonchev–Trinajstić information content (AvgIpc) is 2.69. The third kappa shape index (κ3) is 8.34. The highest BCUT2D eigenvalue weighted by molar-refractivity contribution is 5.88. The summed E-state index contributed by atoms with van der Waals surface area (Å²) in [5.41, 5.74) is 2.12. The average molecular weight is 352 g/mol. The summed E-state index contributed by atoms with van der Waals surface area (Å²) < 4.78 is 10.2. The molecule has 0 N–H and O–H groups in total. The number of benzene rings is 1. The number of rotatable bonds is 7. The van der Waals surface area contributed by atoms with Crippen molar-refractivity contribution in [2.75, 3.05) is 6.61 Å². The van der Waals surface area contributed by atoms with Gasteiger partial charge < -0.3 is 9.47 Å². The molecule has 1 aromatic carbocycles. The Kier molecular flexibility index (Phi) is 8.79. The van der Waals surface area contributed by atoms with Crippen LogP contribution in [0.1, 0.15) is 44.1 Å². The zero-order valence-corrected chi connectivity index (χ0v) is 14.9. The molecule has 4 heteroatoms. The maximum Gasteiger partial charge on any atom is 0.384 e. The van der Waals surface area contributed by atoms with Gasteiger partial charge in [-0.25, -0.2) is 9.59 Å². The molecule has 136 valence electrons. The van der Waals surface area contributed by atoms with Crippen molar-refractivity contribution in [3.63, 3.8) is 0 Å². The Hall–Kier alpha value is -2.80. The van der Waals surface area contributed by atoms with Gasteiger partial charge in [0.1, 0.15) is 6.61 Å². The Morgan fingerprint density at radius 2 is 1.96 bits per heavy atom. The minimum Gasteiger partial charge on any atom is -0.462 e. The van der Waals surface area contributed by atoms with Crippen LogP contribution in [0.15, 0.2) is 54.1 Å². The maximum absolute atomic E-state index is 11.6. The zero-order chi connectivity index (χ0) is 18.5. The summed E-state index contributed by atoms with van der Waals surface area (Å²) in [7, 11) is 0. The Morgan fingerprint density at radius 3 is 2.73 bits per heavy atom. The van der Waals surface area contributed by atoms with Crippen molar-refractivity contribution in [1.82, 2.24) is 0 Å². The molecule has 0 atom stereocenters. The summed E-state index contributed by atoms with van der Waals surface area (Å²) >= 11 is 0. The molecule has 0 radical (unpaired) electrons. The van der Waals surface area contributed by atoms with E-state index in [2.05, 4.69) is 17.9 Å². The molecular weight excluding hydrogens is 328 g/mol. The van der Waals surface area contributed by atoms with E-state index in [-0.39, 0.29) is 19.2 Å². The Balaban J connectivity index is 1.55. The minimum atomic E-state index is -0.547. The molecule has 0 aromatic heterocycles. The number of hydrogen-bond donors (Lipinski definition) is 0. The van der Waals surface area contributed by atoms with Crippen LogP contribution in [0.4, 0.5) is 0 Å². The lowest BCUT2D eigenvalue weighted by molar-refractivity contribution is -0.138. The molecule has 0 amide bonds. The van der Waals surface area contributed by atoms with Gasteiger partial charge in [0.05, 0.1) is 6.61 Å². The summed E-state index contributed by atoms with van der Waals surface area (Å²) in [4.78, 5) is 23.1. The van der Waals surface area contributed by atoms with Crippen LogP contribution in [0, 0.1) is 11.8 Å². The van der Waals surface area contributed by atoms with Gasteiger partial charge in [0, 0.05) is 18.4 Å². The molecule has 0 bridgehead atoms. The minimum absolute atomic E-state index is 0.217. The molecule has 0 aliphatic heterocycles. The Labute approximate surface area is 154 Å². The van der Waals surface area contributed by atoms with Crippen molar-refractivity contribution in [1.29, 1.82) is 0 Å². The zero-order valence-electron chi connectivity index (χ0n) is 14.9. The highest BCUT2D eigenvalue weighted by Crippen LogP contribution is 2.17. The van der Waals surface area contributed by atoms with E-state index in [0.29, 0.717) is 12.8 Å². The fourth-order valence-corrected chi connectivity index (χ4v) is 2.46. The van der Waals surface area contributed by atoms with Gasteiger partial charge in [-0.3, -0.25) is 0 Å². The van der Waals surface area contributed by atoms with Gasteiger partial charge in [0.15, 0.2) is 0 Å². The molecule has 0 saturated carbocycles. The van der Waals surface area contributed by atoms with Crippen molar-refractivity contribution in [3.8, 4) is 11.8 Å². The predicted molar refractivity (Wildman–Crippen MR) is 99.9 cm³/mol. The summed E-state index contributed by atoms with van der Waals surface area (Å²) in [6, 6.07) is 9.44. The van der Waals surface area contributed by atoms with E-state index in [9.17, 15) is 9.59 Å². The van der Waals surface area contributed by atoms with Gasteiger partial charge in [0.25, 0.3) is 0 Å². The molecule has 0 fully saturated rings. The van der Waals surface area contributed by atoms with Crippen molar-refractivity contribution in [2.45, 2.75) is 45.1 Å². The van der Waals surface area contributed by atoms with E-state index in [4.69, 9.17) is 9.47 Å². The summed E-state index contributed by atoms with van der Waals surface area (Å²) in [5.74, 6) is 4.28. The molecule has 2 rings (SSSR count). The Bertz CT molecular complexity index is 705. The highest BCUT2D eigenvalue weighted by atomic mass is 16.5. The first-order valence-electron chi connectivity index (χ1n) is 8.97. The molecule has 0 saturated heterocycles. The number of esters is 2. The van der Waals surface area contributed by atoms with Crippen molar-refractivity contribution >= 4 is 11.9 Å². The normalized spacial score (nSPS) is 13.5. The lowest BCUT2D eigenvalue weighted by Crippen LogP contribution is -2.03. The molecule has 1 aromatic rings. The quantitative estimate of drug-likeness (QED) is 0.244. The van der Waals surface area contributed by atoms with Gasteiger partial charge in [-0.05, 0) is 37.7 Å². The molecule has 0 spiro atoms.